The molecule has 0 spiro atoms. The third-order valence-corrected chi connectivity index (χ3v) is 7.04. The number of halogens is 1. The second kappa shape index (κ2) is 8.76. The Hall–Kier alpha value is -3.16. The van der Waals surface area contributed by atoms with Gasteiger partial charge >= 0.3 is 0 Å². The minimum absolute atomic E-state index is 0.259. The van der Waals surface area contributed by atoms with Gasteiger partial charge in [0.2, 0.25) is 5.82 Å². The van der Waals surface area contributed by atoms with Crippen molar-refractivity contribution in [2.75, 3.05) is 12.4 Å². The van der Waals surface area contributed by atoms with Crippen LogP contribution in [0.25, 0.3) is 22.8 Å². The maximum absolute atomic E-state index is 13.0. The lowest BCUT2D eigenvalue weighted by molar-refractivity contribution is 0.102. The minimum atomic E-state index is -0.259. The number of carbonyl (C=O) groups is 1. The van der Waals surface area contributed by atoms with Gasteiger partial charge < -0.3 is 14.6 Å². The van der Waals surface area contributed by atoms with Crippen LogP contribution in [-0.4, -0.2) is 23.2 Å². The fourth-order valence-corrected chi connectivity index (χ4v) is 5.38. The van der Waals surface area contributed by atoms with E-state index in [1.807, 2.05) is 24.3 Å². The smallest absolute Gasteiger partial charge is 0.261 e. The molecule has 0 atom stereocenters. The highest BCUT2D eigenvalue weighted by Crippen LogP contribution is 2.44. The quantitative estimate of drug-likeness (QED) is 0.376. The Morgan fingerprint density at radius 2 is 1.91 bits per heavy atom. The Kier molecular flexibility index (Phi) is 5.68. The molecule has 0 fully saturated rings. The van der Waals surface area contributed by atoms with Crippen LogP contribution in [0.15, 0.2) is 53.1 Å². The van der Waals surface area contributed by atoms with Gasteiger partial charge in [-0.15, -0.1) is 11.3 Å². The molecule has 162 valence electrons. The molecule has 8 heteroatoms. The van der Waals surface area contributed by atoms with E-state index in [1.165, 1.54) is 10.4 Å². The Labute approximate surface area is 194 Å². The predicted molar refractivity (Wildman–Crippen MR) is 126 cm³/mol. The second-order valence-corrected chi connectivity index (χ2v) is 9.01. The number of nitrogens with one attached hydrogen (secondary N) is 1. The zero-order valence-corrected chi connectivity index (χ0v) is 18.9. The first-order valence-corrected chi connectivity index (χ1v) is 11.5. The summed E-state index contributed by atoms with van der Waals surface area (Å²) in [6.45, 7) is 0. The summed E-state index contributed by atoms with van der Waals surface area (Å²) >= 11 is 7.81. The summed E-state index contributed by atoms with van der Waals surface area (Å²) in [6, 6.07) is 14.5. The van der Waals surface area contributed by atoms with Gasteiger partial charge in [-0.1, -0.05) is 28.9 Å². The van der Waals surface area contributed by atoms with Crippen LogP contribution in [0.2, 0.25) is 5.02 Å². The van der Waals surface area contributed by atoms with Crippen LogP contribution in [0.1, 0.15) is 33.6 Å². The number of benzene rings is 2. The van der Waals surface area contributed by atoms with E-state index >= 15 is 0 Å². The lowest BCUT2D eigenvalue weighted by Gasteiger charge is -2.11. The number of anilines is 1. The van der Waals surface area contributed by atoms with Crippen molar-refractivity contribution in [3.8, 4) is 28.6 Å². The highest BCUT2D eigenvalue weighted by Gasteiger charge is 2.27. The molecule has 1 N–H and O–H groups in total. The summed E-state index contributed by atoms with van der Waals surface area (Å²) < 4.78 is 10.9. The summed E-state index contributed by atoms with van der Waals surface area (Å²) in [7, 11) is 1.62. The molecule has 32 heavy (non-hydrogen) atoms. The molecule has 1 aliphatic rings. The van der Waals surface area contributed by atoms with Crippen molar-refractivity contribution >= 4 is 33.8 Å². The molecule has 0 aliphatic heterocycles. The molecule has 2 aromatic carbocycles. The first-order chi connectivity index (χ1) is 15.6. The van der Waals surface area contributed by atoms with Crippen LogP contribution in [0.4, 0.5) is 5.00 Å². The van der Waals surface area contributed by atoms with Gasteiger partial charge in [-0.25, -0.2) is 0 Å². The topological polar surface area (TPSA) is 77.3 Å². The van der Waals surface area contributed by atoms with E-state index < -0.39 is 0 Å². The number of aryl methyl sites for hydroxylation is 1. The predicted octanol–water partition coefficient (Wildman–Crippen LogP) is 6.26. The molecule has 0 radical (unpaired) electrons. The Balaban J connectivity index is 1.52. The zero-order valence-electron chi connectivity index (χ0n) is 17.4. The van der Waals surface area contributed by atoms with Gasteiger partial charge in [0.1, 0.15) is 10.8 Å². The first-order valence-electron chi connectivity index (χ1n) is 10.3. The molecule has 2 aromatic heterocycles. The summed E-state index contributed by atoms with van der Waals surface area (Å²) in [4.78, 5) is 18.9. The maximum atomic E-state index is 13.0. The average molecular weight is 466 g/mol. The van der Waals surface area contributed by atoms with Gasteiger partial charge in [0.05, 0.1) is 23.3 Å². The minimum Gasteiger partial charge on any atom is -0.497 e. The molecular weight excluding hydrogens is 446 g/mol. The van der Waals surface area contributed by atoms with Crippen molar-refractivity contribution in [3.05, 3.63) is 69.6 Å². The number of thiophene rings is 1. The standard InChI is InChI=1S/C24H20ClN3O3S/c1-30-15-12-10-14(11-13-15)21-26-23(31-28-21)20-17-7-3-5-9-19(17)32-24(20)27-22(29)16-6-2-4-8-18(16)25/h2,4,6,8,10-13H,3,5,7,9H2,1H3,(H,27,29). The number of nitrogens with zero attached hydrogens (tertiary/aromatic N) is 2. The lowest BCUT2D eigenvalue weighted by atomic mass is 9.95. The van der Waals surface area contributed by atoms with Crippen molar-refractivity contribution in [2.24, 2.45) is 0 Å². The lowest BCUT2D eigenvalue weighted by Crippen LogP contribution is -2.12. The average Bonchev–Trinajstić information content (AvgIpc) is 3.43. The molecule has 5 rings (SSSR count). The highest BCUT2D eigenvalue weighted by atomic mass is 35.5. The number of carbonyl (C=O) groups excluding carboxylic acids is 1. The van der Waals surface area contributed by atoms with Crippen molar-refractivity contribution < 1.29 is 14.1 Å². The van der Waals surface area contributed by atoms with Gasteiger partial charge in [-0.2, -0.15) is 4.98 Å². The molecule has 0 unspecified atom stereocenters. The molecule has 0 saturated heterocycles. The summed E-state index contributed by atoms with van der Waals surface area (Å²) in [5.74, 6) is 1.39. The third-order valence-electron chi connectivity index (χ3n) is 5.50. The number of methoxy groups -OCH3 is 1. The number of rotatable bonds is 5. The van der Waals surface area contributed by atoms with Crippen molar-refractivity contribution in [1.29, 1.82) is 0 Å². The number of hydrogen-bond acceptors (Lipinski definition) is 6. The van der Waals surface area contributed by atoms with E-state index in [-0.39, 0.29) is 5.91 Å². The van der Waals surface area contributed by atoms with Gasteiger partial charge in [-0.05, 0) is 67.6 Å². The maximum Gasteiger partial charge on any atom is 0.261 e. The molecule has 2 heterocycles. The number of amides is 1. The Bertz CT molecular complexity index is 1280. The van der Waals surface area contributed by atoms with Crippen LogP contribution < -0.4 is 10.1 Å². The molecular formula is C24H20ClN3O3S. The summed E-state index contributed by atoms with van der Waals surface area (Å²) in [5.41, 5.74) is 3.25. The van der Waals surface area contributed by atoms with Crippen LogP contribution in [0, 0.1) is 0 Å². The van der Waals surface area contributed by atoms with Crippen molar-refractivity contribution in [2.45, 2.75) is 25.7 Å². The molecule has 0 bridgehead atoms. The van der Waals surface area contributed by atoms with E-state index in [4.69, 9.17) is 20.9 Å². The number of ether oxygens (including phenoxy) is 1. The summed E-state index contributed by atoms with van der Waals surface area (Å²) in [6.07, 6.45) is 4.12. The molecule has 0 saturated carbocycles. The first kappa shape index (κ1) is 20.7. The Morgan fingerprint density at radius 3 is 2.69 bits per heavy atom. The van der Waals surface area contributed by atoms with Crippen LogP contribution in [0.3, 0.4) is 0 Å². The van der Waals surface area contributed by atoms with E-state index in [0.717, 1.165) is 42.6 Å². The van der Waals surface area contributed by atoms with Crippen LogP contribution in [0.5, 0.6) is 5.75 Å². The SMILES string of the molecule is COc1ccc(-c2noc(-c3c(NC(=O)c4ccccc4Cl)sc4c3CCCC4)n2)cc1. The van der Waals surface area contributed by atoms with E-state index in [1.54, 1.807) is 42.7 Å². The number of hydrogen-bond donors (Lipinski definition) is 1. The normalized spacial score (nSPS) is 12.9. The van der Waals surface area contributed by atoms with Gasteiger partial charge in [0.15, 0.2) is 0 Å². The van der Waals surface area contributed by atoms with Crippen molar-refractivity contribution in [1.82, 2.24) is 10.1 Å². The van der Waals surface area contributed by atoms with E-state index in [0.29, 0.717) is 27.3 Å². The monoisotopic (exact) mass is 465 g/mol. The van der Waals surface area contributed by atoms with Crippen LogP contribution >= 0.6 is 22.9 Å². The van der Waals surface area contributed by atoms with Gasteiger partial charge in [0.25, 0.3) is 11.8 Å². The number of aromatic nitrogens is 2. The molecule has 4 aromatic rings. The Morgan fingerprint density at radius 1 is 1.12 bits per heavy atom. The zero-order chi connectivity index (χ0) is 22.1. The molecule has 6 nitrogen and oxygen atoms in total. The highest BCUT2D eigenvalue weighted by molar-refractivity contribution is 7.17. The summed E-state index contributed by atoms with van der Waals surface area (Å²) in [5, 5.41) is 8.35. The fourth-order valence-electron chi connectivity index (χ4n) is 3.88. The largest absolute Gasteiger partial charge is 0.497 e. The van der Waals surface area contributed by atoms with Crippen molar-refractivity contribution in [3.63, 3.8) is 0 Å². The van der Waals surface area contributed by atoms with Gasteiger partial charge in [0, 0.05) is 10.4 Å². The third kappa shape index (κ3) is 3.89. The van der Waals surface area contributed by atoms with E-state index in [9.17, 15) is 4.79 Å². The van der Waals surface area contributed by atoms with E-state index in [2.05, 4.69) is 15.5 Å². The number of fused-ring (bicyclic) bond motifs is 1. The second-order valence-electron chi connectivity index (χ2n) is 7.50. The fraction of sp³-hybridized carbons (Fsp3) is 0.208. The molecule has 1 amide bonds. The molecule has 1 aliphatic carbocycles. The van der Waals surface area contributed by atoms with Crippen LogP contribution in [-0.2, 0) is 12.8 Å². The van der Waals surface area contributed by atoms with Gasteiger partial charge in [-0.3, -0.25) is 4.79 Å².